The van der Waals surface area contributed by atoms with Gasteiger partial charge in [-0.2, -0.15) is 0 Å². The Balaban J connectivity index is 2.01. The lowest BCUT2D eigenvalue weighted by molar-refractivity contribution is 0.0162. The van der Waals surface area contributed by atoms with Gasteiger partial charge < -0.3 is 9.47 Å². The number of hydrogen-bond acceptors (Lipinski definition) is 2. The molecule has 0 spiro atoms. The highest BCUT2D eigenvalue weighted by atomic mass is 16.7. The summed E-state index contributed by atoms with van der Waals surface area (Å²) in [5, 5.41) is 0. The Hall–Kier alpha value is -1.44. The van der Waals surface area contributed by atoms with Gasteiger partial charge in [-0.05, 0) is 30.9 Å². The van der Waals surface area contributed by atoms with Gasteiger partial charge in [-0.25, -0.2) is 0 Å². The molecule has 80 valence electrons. The first-order chi connectivity index (χ1) is 7.36. The molecule has 1 fully saturated rings. The minimum Gasteiger partial charge on any atom is -0.466 e. The molecule has 0 N–H and O–H groups in total. The van der Waals surface area contributed by atoms with Crippen LogP contribution in [0.15, 0.2) is 42.9 Å². The van der Waals surface area contributed by atoms with Gasteiger partial charge in [0.1, 0.15) is 0 Å². The molecule has 0 saturated carbocycles. The van der Waals surface area contributed by atoms with Crippen LogP contribution in [0.2, 0.25) is 0 Å². The molecule has 0 radical (unpaired) electrons. The summed E-state index contributed by atoms with van der Waals surface area (Å²) in [5.74, 6) is 1.00. The van der Waals surface area contributed by atoms with Crippen molar-refractivity contribution in [2.45, 2.75) is 18.8 Å². The molecule has 1 saturated heterocycles. The largest absolute Gasteiger partial charge is 0.466 e. The summed E-state index contributed by atoms with van der Waals surface area (Å²) < 4.78 is 10.6. The van der Waals surface area contributed by atoms with E-state index in [9.17, 15) is 0 Å². The number of benzene rings is 1. The molecule has 15 heavy (non-hydrogen) atoms. The van der Waals surface area contributed by atoms with E-state index in [0.717, 1.165) is 12.8 Å². The average Bonchev–Trinajstić information content (AvgIpc) is 2.24. The van der Waals surface area contributed by atoms with Crippen molar-refractivity contribution in [3.63, 3.8) is 0 Å². The van der Waals surface area contributed by atoms with Gasteiger partial charge in [0, 0.05) is 0 Å². The van der Waals surface area contributed by atoms with Crippen molar-refractivity contribution in [1.29, 1.82) is 0 Å². The van der Waals surface area contributed by atoms with Gasteiger partial charge in [0.25, 0.3) is 5.95 Å². The fourth-order valence-electron chi connectivity index (χ4n) is 1.87. The maximum atomic E-state index is 5.32. The molecule has 0 bridgehead atoms. The van der Waals surface area contributed by atoms with Gasteiger partial charge in [-0.15, -0.1) is 0 Å². The first-order valence-corrected chi connectivity index (χ1v) is 5.36. The molecule has 0 unspecified atom stereocenters. The van der Waals surface area contributed by atoms with Crippen LogP contribution in [0.5, 0.6) is 0 Å². The van der Waals surface area contributed by atoms with Gasteiger partial charge >= 0.3 is 0 Å². The fraction of sp³-hybridized carbons (Fsp3) is 0.385. The van der Waals surface area contributed by atoms with Crippen molar-refractivity contribution in [1.82, 2.24) is 0 Å². The van der Waals surface area contributed by atoms with Gasteiger partial charge in [0.15, 0.2) is 0 Å². The van der Waals surface area contributed by atoms with Crippen LogP contribution in [0.25, 0.3) is 0 Å². The SMILES string of the molecule is C=C1OCCC(c2ccccc2)CCO1. The van der Waals surface area contributed by atoms with E-state index in [1.54, 1.807) is 0 Å². The summed E-state index contributed by atoms with van der Waals surface area (Å²) in [4.78, 5) is 0. The molecule has 2 rings (SSSR count). The zero-order valence-corrected chi connectivity index (χ0v) is 8.82. The molecule has 1 aromatic rings. The first-order valence-electron chi connectivity index (χ1n) is 5.36. The second-order valence-corrected chi connectivity index (χ2v) is 3.75. The molecule has 0 atom stereocenters. The highest BCUT2D eigenvalue weighted by Gasteiger charge is 2.14. The Labute approximate surface area is 90.5 Å². The normalized spacial score (nSPS) is 18.5. The summed E-state index contributed by atoms with van der Waals surface area (Å²) >= 11 is 0. The van der Waals surface area contributed by atoms with E-state index in [2.05, 4.69) is 30.8 Å². The predicted octanol–water partition coefficient (Wildman–Crippen LogP) is 3.07. The minimum atomic E-state index is 0.460. The van der Waals surface area contributed by atoms with Crippen LogP contribution in [0, 0.1) is 0 Å². The molecule has 1 aliphatic heterocycles. The quantitative estimate of drug-likeness (QED) is 0.700. The van der Waals surface area contributed by atoms with Gasteiger partial charge in [-0.3, -0.25) is 0 Å². The Morgan fingerprint density at radius 2 is 1.60 bits per heavy atom. The summed E-state index contributed by atoms with van der Waals surface area (Å²) in [6.07, 6.45) is 2.07. The smallest absolute Gasteiger partial charge is 0.271 e. The third kappa shape index (κ3) is 2.75. The molecule has 1 aromatic carbocycles. The molecule has 0 aromatic heterocycles. The van der Waals surface area contributed by atoms with Gasteiger partial charge in [0.05, 0.1) is 13.2 Å². The van der Waals surface area contributed by atoms with E-state index in [4.69, 9.17) is 9.47 Å². The van der Waals surface area contributed by atoms with Crippen molar-refractivity contribution < 1.29 is 9.47 Å². The highest BCUT2D eigenvalue weighted by molar-refractivity contribution is 5.19. The van der Waals surface area contributed by atoms with Crippen LogP contribution in [0.3, 0.4) is 0 Å². The second-order valence-electron chi connectivity index (χ2n) is 3.75. The van der Waals surface area contributed by atoms with Crippen LogP contribution in [0.4, 0.5) is 0 Å². The Kier molecular flexibility index (Phi) is 3.28. The maximum absolute atomic E-state index is 5.32. The third-order valence-corrected chi connectivity index (χ3v) is 2.73. The van der Waals surface area contributed by atoms with Crippen LogP contribution in [0.1, 0.15) is 24.3 Å². The highest BCUT2D eigenvalue weighted by Crippen LogP contribution is 2.25. The van der Waals surface area contributed by atoms with Crippen molar-refractivity contribution >= 4 is 0 Å². The Bertz CT molecular complexity index is 307. The molecular formula is C13H16O2. The second kappa shape index (κ2) is 4.87. The topological polar surface area (TPSA) is 18.5 Å². The monoisotopic (exact) mass is 204 g/mol. The number of hydrogen-bond donors (Lipinski definition) is 0. The van der Waals surface area contributed by atoms with Crippen LogP contribution >= 0.6 is 0 Å². The van der Waals surface area contributed by atoms with Gasteiger partial charge in [0.2, 0.25) is 0 Å². The summed E-state index contributed by atoms with van der Waals surface area (Å²) in [6, 6.07) is 10.5. The Morgan fingerprint density at radius 1 is 1.00 bits per heavy atom. The summed E-state index contributed by atoms with van der Waals surface area (Å²) in [7, 11) is 0. The van der Waals surface area contributed by atoms with Crippen LogP contribution in [-0.2, 0) is 9.47 Å². The van der Waals surface area contributed by atoms with Gasteiger partial charge in [-0.1, -0.05) is 30.3 Å². The number of ether oxygens (including phenoxy) is 2. The fourth-order valence-corrected chi connectivity index (χ4v) is 1.87. The van der Waals surface area contributed by atoms with E-state index in [0.29, 0.717) is 25.1 Å². The molecule has 1 aliphatic rings. The molecule has 0 amide bonds. The molecular weight excluding hydrogens is 188 g/mol. The van der Waals surface area contributed by atoms with Crippen molar-refractivity contribution in [3.05, 3.63) is 48.4 Å². The van der Waals surface area contributed by atoms with Crippen molar-refractivity contribution in [2.24, 2.45) is 0 Å². The van der Waals surface area contributed by atoms with E-state index < -0.39 is 0 Å². The zero-order valence-electron chi connectivity index (χ0n) is 8.82. The molecule has 0 aliphatic carbocycles. The zero-order chi connectivity index (χ0) is 10.5. The standard InChI is InChI=1S/C13H16O2/c1-11-14-9-7-13(8-10-15-11)12-5-3-2-4-6-12/h2-6,13H,1,7-10H2. The first kappa shape index (κ1) is 10.1. The maximum Gasteiger partial charge on any atom is 0.271 e. The summed E-state index contributed by atoms with van der Waals surface area (Å²) in [6.45, 7) is 5.05. The lowest BCUT2D eigenvalue weighted by Crippen LogP contribution is -2.12. The van der Waals surface area contributed by atoms with E-state index in [-0.39, 0.29) is 0 Å². The molecule has 1 heterocycles. The molecule has 2 nitrogen and oxygen atoms in total. The number of rotatable bonds is 1. The van der Waals surface area contributed by atoms with Crippen molar-refractivity contribution in [2.75, 3.05) is 13.2 Å². The van der Waals surface area contributed by atoms with E-state index in [1.165, 1.54) is 5.56 Å². The predicted molar refractivity (Wildman–Crippen MR) is 59.5 cm³/mol. The molecule has 2 heteroatoms. The average molecular weight is 204 g/mol. The van der Waals surface area contributed by atoms with E-state index in [1.807, 2.05) is 6.07 Å². The Morgan fingerprint density at radius 3 is 2.20 bits per heavy atom. The third-order valence-electron chi connectivity index (χ3n) is 2.73. The van der Waals surface area contributed by atoms with Crippen LogP contribution in [-0.4, -0.2) is 13.2 Å². The van der Waals surface area contributed by atoms with E-state index >= 15 is 0 Å². The van der Waals surface area contributed by atoms with Crippen molar-refractivity contribution in [3.8, 4) is 0 Å². The van der Waals surface area contributed by atoms with Crippen LogP contribution < -0.4 is 0 Å². The lowest BCUT2D eigenvalue weighted by atomic mass is 9.93. The minimum absolute atomic E-state index is 0.460. The lowest BCUT2D eigenvalue weighted by Gasteiger charge is -2.22. The summed E-state index contributed by atoms with van der Waals surface area (Å²) in [5.41, 5.74) is 1.37.